The molecule has 2 unspecified atom stereocenters. The average molecular weight is 286 g/mol. The van der Waals surface area contributed by atoms with Gasteiger partial charge in [0.15, 0.2) is 0 Å². The molecule has 1 saturated heterocycles. The monoisotopic (exact) mass is 286 g/mol. The number of amides is 1. The highest BCUT2D eigenvalue weighted by Crippen LogP contribution is 2.24. The Labute approximate surface area is 123 Å². The Morgan fingerprint density at radius 3 is 2.62 bits per heavy atom. The molecular weight excluding hydrogens is 268 g/mol. The number of carbonyl (C=O) groups excluding carboxylic acids is 1. The largest absolute Gasteiger partial charge is 0.480 e. The smallest absolute Gasteiger partial charge is 0.326 e. The Balaban J connectivity index is 2.17. The first-order chi connectivity index (χ1) is 10.0. The summed E-state index contributed by atoms with van der Waals surface area (Å²) >= 11 is 0. The van der Waals surface area contributed by atoms with Crippen LogP contribution >= 0.6 is 0 Å². The molecule has 2 rings (SSSR count). The molecule has 1 fully saturated rings. The number of rotatable bonds is 3. The molecule has 1 aromatic carbocycles. The summed E-state index contributed by atoms with van der Waals surface area (Å²) in [5.41, 5.74) is 1.31. The minimum absolute atomic E-state index is 0.252. The Kier molecular flexibility index (Phi) is 4.59. The Morgan fingerprint density at radius 2 is 2.05 bits per heavy atom. The zero-order chi connectivity index (χ0) is 15.4. The molecule has 0 aromatic heterocycles. The van der Waals surface area contributed by atoms with Crippen molar-refractivity contribution in [3.05, 3.63) is 35.4 Å². The van der Waals surface area contributed by atoms with Gasteiger partial charge < -0.3 is 10.0 Å². The molecule has 0 saturated carbocycles. The second-order valence-corrected chi connectivity index (χ2v) is 5.51. The summed E-state index contributed by atoms with van der Waals surface area (Å²) in [6.45, 7) is 2.48. The zero-order valence-electron chi connectivity index (χ0n) is 12.0. The van der Waals surface area contributed by atoms with E-state index in [1.807, 2.05) is 13.0 Å². The maximum Gasteiger partial charge on any atom is 0.326 e. The van der Waals surface area contributed by atoms with E-state index >= 15 is 0 Å². The fourth-order valence-electron chi connectivity index (χ4n) is 2.64. The summed E-state index contributed by atoms with van der Waals surface area (Å²) in [5.74, 6) is -0.887. The number of carboxylic acid groups (broad SMARTS) is 1. The lowest BCUT2D eigenvalue weighted by Crippen LogP contribution is -2.49. The van der Waals surface area contributed by atoms with Gasteiger partial charge in [0.2, 0.25) is 0 Å². The van der Waals surface area contributed by atoms with Crippen molar-refractivity contribution in [3.63, 3.8) is 0 Å². The van der Waals surface area contributed by atoms with Gasteiger partial charge in [0.05, 0.1) is 12.5 Å². The molecule has 110 valence electrons. The SMILES string of the molecule is CC1CCN(C(=O)c2ccc(CC#N)cc2)C(C(=O)O)C1. The van der Waals surface area contributed by atoms with E-state index in [2.05, 4.69) is 0 Å². The second kappa shape index (κ2) is 6.40. The van der Waals surface area contributed by atoms with E-state index in [4.69, 9.17) is 5.26 Å². The van der Waals surface area contributed by atoms with Crippen molar-refractivity contribution in [2.24, 2.45) is 5.92 Å². The van der Waals surface area contributed by atoms with Crippen LogP contribution in [0.4, 0.5) is 0 Å². The standard InChI is InChI=1S/C16H18N2O3/c1-11-7-9-18(14(10-11)16(20)21)15(19)13-4-2-12(3-5-13)6-8-17/h2-5,11,14H,6-7,9-10H2,1H3,(H,20,21). The lowest BCUT2D eigenvalue weighted by Gasteiger charge is -2.36. The number of aliphatic carboxylic acids is 1. The first-order valence-corrected chi connectivity index (χ1v) is 7.02. The van der Waals surface area contributed by atoms with Gasteiger partial charge in [0, 0.05) is 12.1 Å². The molecule has 5 nitrogen and oxygen atoms in total. The Morgan fingerprint density at radius 1 is 1.38 bits per heavy atom. The molecule has 1 heterocycles. The maximum absolute atomic E-state index is 12.5. The normalized spacial score (nSPS) is 21.6. The summed E-state index contributed by atoms with van der Waals surface area (Å²) in [4.78, 5) is 25.3. The molecule has 21 heavy (non-hydrogen) atoms. The molecule has 0 aliphatic carbocycles. The number of carboxylic acids is 1. The fourth-order valence-corrected chi connectivity index (χ4v) is 2.64. The van der Waals surface area contributed by atoms with Crippen molar-refractivity contribution in [2.45, 2.75) is 32.2 Å². The van der Waals surface area contributed by atoms with Gasteiger partial charge in [-0.1, -0.05) is 19.1 Å². The van der Waals surface area contributed by atoms with E-state index < -0.39 is 12.0 Å². The van der Waals surface area contributed by atoms with Crippen LogP contribution in [0.2, 0.25) is 0 Å². The predicted octanol–water partition coefficient (Wildman–Crippen LogP) is 2.08. The van der Waals surface area contributed by atoms with E-state index in [0.29, 0.717) is 30.9 Å². The fraction of sp³-hybridized carbons (Fsp3) is 0.438. The maximum atomic E-state index is 12.5. The van der Waals surface area contributed by atoms with Crippen LogP contribution in [0, 0.1) is 17.2 Å². The van der Waals surface area contributed by atoms with Crippen LogP contribution in [0.25, 0.3) is 0 Å². The Bertz CT molecular complexity index is 574. The van der Waals surface area contributed by atoms with Crippen molar-refractivity contribution in [3.8, 4) is 6.07 Å². The number of carbonyl (C=O) groups is 2. The number of piperidine rings is 1. The van der Waals surface area contributed by atoms with Crippen LogP contribution in [0.1, 0.15) is 35.7 Å². The first-order valence-electron chi connectivity index (χ1n) is 7.02. The van der Waals surface area contributed by atoms with Crippen LogP contribution in [-0.2, 0) is 11.2 Å². The molecule has 1 aliphatic heterocycles. The number of nitrogens with zero attached hydrogens (tertiary/aromatic N) is 2. The number of hydrogen-bond acceptors (Lipinski definition) is 3. The van der Waals surface area contributed by atoms with Crippen LogP contribution in [-0.4, -0.2) is 34.5 Å². The van der Waals surface area contributed by atoms with Gasteiger partial charge in [-0.2, -0.15) is 5.26 Å². The van der Waals surface area contributed by atoms with Crippen molar-refractivity contribution in [1.29, 1.82) is 5.26 Å². The van der Waals surface area contributed by atoms with E-state index in [-0.39, 0.29) is 5.91 Å². The van der Waals surface area contributed by atoms with Gasteiger partial charge in [-0.25, -0.2) is 4.79 Å². The first kappa shape index (κ1) is 15.0. The van der Waals surface area contributed by atoms with Gasteiger partial charge in [0.1, 0.15) is 6.04 Å². The summed E-state index contributed by atoms with van der Waals surface area (Å²) in [5, 5.41) is 17.9. The summed E-state index contributed by atoms with van der Waals surface area (Å²) in [7, 11) is 0. The highest BCUT2D eigenvalue weighted by molar-refractivity contribution is 5.96. The number of hydrogen-bond donors (Lipinski definition) is 1. The van der Waals surface area contributed by atoms with Crippen LogP contribution in [0.15, 0.2) is 24.3 Å². The zero-order valence-corrected chi connectivity index (χ0v) is 12.0. The molecule has 2 atom stereocenters. The molecule has 1 aliphatic rings. The van der Waals surface area contributed by atoms with Gasteiger partial charge >= 0.3 is 5.97 Å². The topological polar surface area (TPSA) is 81.4 Å². The molecule has 0 radical (unpaired) electrons. The van der Waals surface area contributed by atoms with Crippen molar-refractivity contribution < 1.29 is 14.7 Å². The minimum Gasteiger partial charge on any atom is -0.480 e. The third-order valence-electron chi connectivity index (χ3n) is 3.89. The van der Waals surface area contributed by atoms with E-state index in [1.54, 1.807) is 24.3 Å². The minimum atomic E-state index is -0.948. The number of benzene rings is 1. The van der Waals surface area contributed by atoms with Crippen LogP contribution in [0.3, 0.4) is 0 Å². The average Bonchev–Trinajstić information content (AvgIpc) is 2.47. The summed E-state index contributed by atoms with van der Waals surface area (Å²) in [6.07, 6.45) is 1.61. The Hall–Kier alpha value is -2.35. The summed E-state index contributed by atoms with van der Waals surface area (Å²) < 4.78 is 0. The lowest BCUT2D eigenvalue weighted by atomic mass is 9.92. The van der Waals surface area contributed by atoms with E-state index in [9.17, 15) is 14.7 Å². The van der Waals surface area contributed by atoms with Gasteiger partial charge in [-0.3, -0.25) is 4.79 Å². The van der Waals surface area contributed by atoms with Gasteiger partial charge in [0.25, 0.3) is 5.91 Å². The third kappa shape index (κ3) is 3.40. The van der Waals surface area contributed by atoms with Crippen molar-refractivity contribution in [2.75, 3.05) is 6.54 Å². The molecule has 5 heteroatoms. The lowest BCUT2D eigenvalue weighted by molar-refractivity contribution is -0.144. The number of likely N-dealkylation sites (tertiary alicyclic amines) is 1. The molecular formula is C16H18N2O3. The van der Waals surface area contributed by atoms with Gasteiger partial charge in [-0.05, 0) is 36.5 Å². The van der Waals surface area contributed by atoms with Gasteiger partial charge in [-0.15, -0.1) is 0 Å². The number of nitriles is 1. The second-order valence-electron chi connectivity index (χ2n) is 5.51. The molecule has 1 N–H and O–H groups in total. The molecule has 1 amide bonds. The van der Waals surface area contributed by atoms with Crippen molar-refractivity contribution in [1.82, 2.24) is 4.90 Å². The van der Waals surface area contributed by atoms with Crippen LogP contribution in [0.5, 0.6) is 0 Å². The molecule has 1 aromatic rings. The quantitative estimate of drug-likeness (QED) is 0.922. The predicted molar refractivity (Wildman–Crippen MR) is 76.6 cm³/mol. The van der Waals surface area contributed by atoms with E-state index in [1.165, 1.54) is 4.90 Å². The highest BCUT2D eigenvalue weighted by atomic mass is 16.4. The molecule has 0 spiro atoms. The highest BCUT2D eigenvalue weighted by Gasteiger charge is 2.35. The third-order valence-corrected chi connectivity index (χ3v) is 3.89. The van der Waals surface area contributed by atoms with E-state index in [0.717, 1.165) is 12.0 Å². The van der Waals surface area contributed by atoms with Crippen molar-refractivity contribution >= 4 is 11.9 Å². The summed E-state index contributed by atoms with van der Waals surface area (Å²) in [6, 6.07) is 8.09. The molecule has 0 bridgehead atoms. The van der Waals surface area contributed by atoms with Crippen LogP contribution < -0.4 is 0 Å².